The van der Waals surface area contributed by atoms with Crippen LogP contribution in [0.5, 0.6) is 0 Å². The minimum absolute atomic E-state index is 0.0241. The number of alkyl carbamates (subject to hydrolysis) is 1. The van der Waals surface area contributed by atoms with Crippen LogP contribution in [-0.2, 0) is 30.2 Å². The van der Waals surface area contributed by atoms with Crippen molar-refractivity contribution in [3.8, 4) is 11.1 Å². The van der Waals surface area contributed by atoms with Gasteiger partial charge < -0.3 is 29.5 Å². The van der Waals surface area contributed by atoms with E-state index in [-0.39, 0.29) is 25.5 Å². The van der Waals surface area contributed by atoms with Crippen molar-refractivity contribution in [2.24, 2.45) is 0 Å². The van der Waals surface area contributed by atoms with Gasteiger partial charge >= 0.3 is 18.2 Å². The molecule has 3 aromatic carbocycles. The quantitative estimate of drug-likeness (QED) is 0.251. The Bertz CT molecular complexity index is 1860. The number of carboxylic acids is 1. The summed E-state index contributed by atoms with van der Waals surface area (Å²) in [4.78, 5) is 54.0. The number of benzene rings is 3. The van der Waals surface area contributed by atoms with Crippen LogP contribution in [0.15, 0.2) is 79.0 Å². The highest BCUT2D eigenvalue weighted by atomic mass is 16.6. The number of carboxylic acid groups (broad SMARTS) is 1. The first-order chi connectivity index (χ1) is 22.7. The van der Waals surface area contributed by atoms with Crippen LogP contribution in [0, 0.1) is 0 Å². The fourth-order valence-electron chi connectivity index (χ4n) is 6.58. The fraction of sp³-hybridized carbons (Fsp3) is 0.351. The molecule has 2 heterocycles. The standard InChI is InChI=1S/C37H39N3O8/c1-36(2,3)48-35(45)39-19-22(23-12-10-11-17-30(23)39)18-29(32(41)40-20-31(33(42)43)47-37(40,4)5)38-34(44)46-21-28-26-15-8-6-13-24(26)25-14-7-9-16-27(25)28/h6-17,19,28-29,31H,18,20-21H2,1-5H3,(H,38,44)(H,42,43)/t29-,31+/m0/s1. The third-order valence-electron chi connectivity index (χ3n) is 8.71. The Kier molecular flexibility index (Phi) is 8.51. The molecule has 2 amide bonds. The summed E-state index contributed by atoms with van der Waals surface area (Å²) in [5.41, 5.74) is 3.43. The van der Waals surface area contributed by atoms with Crippen LogP contribution in [0.1, 0.15) is 57.2 Å². The highest BCUT2D eigenvalue weighted by Gasteiger charge is 2.47. The van der Waals surface area contributed by atoms with E-state index in [2.05, 4.69) is 5.32 Å². The molecule has 1 fully saturated rings. The predicted molar refractivity (Wildman–Crippen MR) is 178 cm³/mol. The Balaban J connectivity index is 1.28. The second-order valence-electron chi connectivity index (χ2n) is 13.6. The van der Waals surface area contributed by atoms with Gasteiger partial charge in [-0.3, -0.25) is 9.36 Å². The van der Waals surface area contributed by atoms with E-state index in [1.807, 2.05) is 60.7 Å². The second kappa shape index (κ2) is 12.5. The summed E-state index contributed by atoms with van der Waals surface area (Å²) in [7, 11) is 0. The summed E-state index contributed by atoms with van der Waals surface area (Å²) in [5, 5.41) is 13.1. The van der Waals surface area contributed by atoms with Gasteiger partial charge in [0.2, 0.25) is 5.91 Å². The minimum Gasteiger partial charge on any atom is -0.479 e. The van der Waals surface area contributed by atoms with Crippen LogP contribution in [0.25, 0.3) is 22.0 Å². The number of fused-ring (bicyclic) bond motifs is 4. The van der Waals surface area contributed by atoms with Gasteiger partial charge in [-0.25, -0.2) is 14.4 Å². The number of aliphatic carboxylic acids is 1. The Morgan fingerprint density at radius 3 is 2.17 bits per heavy atom. The SMILES string of the molecule is CC(C)(C)OC(=O)n1cc(C[C@H](NC(=O)OCC2c3ccccc3-c3ccccc32)C(=O)N2C[C@H](C(=O)O)OC2(C)C)c2ccccc21. The number of hydrogen-bond acceptors (Lipinski definition) is 7. The number of amides is 2. The van der Waals surface area contributed by atoms with E-state index in [1.165, 1.54) is 9.47 Å². The highest BCUT2D eigenvalue weighted by Crippen LogP contribution is 2.44. The lowest BCUT2D eigenvalue weighted by Crippen LogP contribution is -2.54. The second-order valence-corrected chi connectivity index (χ2v) is 13.6. The summed E-state index contributed by atoms with van der Waals surface area (Å²) in [5.74, 6) is -1.93. The van der Waals surface area contributed by atoms with Crippen molar-refractivity contribution >= 4 is 35.0 Å². The zero-order valence-corrected chi connectivity index (χ0v) is 27.6. The summed E-state index contributed by atoms with van der Waals surface area (Å²) in [6, 6.07) is 22.0. The average Bonchev–Trinajstić information content (AvgIpc) is 3.67. The van der Waals surface area contributed by atoms with E-state index >= 15 is 0 Å². The molecule has 0 unspecified atom stereocenters. The number of ether oxygens (including phenoxy) is 3. The Hall–Kier alpha value is -5.16. The fourth-order valence-corrected chi connectivity index (χ4v) is 6.58. The van der Waals surface area contributed by atoms with Gasteiger partial charge in [0.15, 0.2) is 6.10 Å². The number of carbonyl (C=O) groups excluding carboxylic acids is 3. The van der Waals surface area contributed by atoms with Crippen molar-refractivity contribution in [3.63, 3.8) is 0 Å². The first-order valence-electron chi connectivity index (χ1n) is 15.9. The largest absolute Gasteiger partial charge is 0.479 e. The van der Waals surface area contributed by atoms with Crippen molar-refractivity contribution in [1.29, 1.82) is 0 Å². The van der Waals surface area contributed by atoms with Crippen molar-refractivity contribution in [1.82, 2.24) is 14.8 Å². The molecule has 1 aromatic heterocycles. The number of nitrogens with one attached hydrogen (secondary N) is 1. The summed E-state index contributed by atoms with van der Waals surface area (Å²) >= 11 is 0. The Morgan fingerprint density at radius 1 is 0.958 bits per heavy atom. The van der Waals surface area contributed by atoms with E-state index < -0.39 is 47.5 Å². The Labute approximate surface area is 278 Å². The predicted octanol–water partition coefficient (Wildman–Crippen LogP) is 5.92. The normalized spacial score (nSPS) is 17.4. The summed E-state index contributed by atoms with van der Waals surface area (Å²) in [6.45, 7) is 8.36. The Morgan fingerprint density at radius 2 is 1.56 bits per heavy atom. The molecule has 1 aliphatic heterocycles. The molecule has 11 nitrogen and oxygen atoms in total. The van der Waals surface area contributed by atoms with E-state index in [0.29, 0.717) is 16.5 Å². The molecule has 11 heteroatoms. The van der Waals surface area contributed by atoms with Gasteiger partial charge in [-0.2, -0.15) is 0 Å². The molecular formula is C37H39N3O8. The zero-order valence-electron chi connectivity index (χ0n) is 27.6. The summed E-state index contributed by atoms with van der Waals surface area (Å²) in [6.07, 6.45) is -1.05. The van der Waals surface area contributed by atoms with Crippen LogP contribution >= 0.6 is 0 Å². The number of aromatic nitrogens is 1. The average molecular weight is 654 g/mol. The number of carbonyl (C=O) groups is 4. The minimum atomic E-state index is -1.26. The molecule has 48 heavy (non-hydrogen) atoms. The molecule has 2 atom stereocenters. The van der Waals surface area contributed by atoms with E-state index in [4.69, 9.17) is 14.2 Å². The van der Waals surface area contributed by atoms with Crippen LogP contribution in [0.3, 0.4) is 0 Å². The topological polar surface area (TPSA) is 136 Å². The molecule has 0 saturated carbocycles. The van der Waals surface area contributed by atoms with Crippen LogP contribution in [0.2, 0.25) is 0 Å². The number of para-hydroxylation sites is 1. The third kappa shape index (κ3) is 6.37. The maximum absolute atomic E-state index is 14.2. The first kappa shape index (κ1) is 32.8. The monoisotopic (exact) mass is 653 g/mol. The summed E-state index contributed by atoms with van der Waals surface area (Å²) < 4.78 is 18.5. The van der Waals surface area contributed by atoms with Crippen molar-refractivity contribution < 1.29 is 38.5 Å². The number of rotatable bonds is 7. The van der Waals surface area contributed by atoms with Gasteiger partial charge in [0.25, 0.3) is 0 Å². The van der Waals surface area contributed by atoms with Gasteiger partial charge in [-0.15, -0.1) is 0 Å². The van der Waals surface area contributed by atoms with E-state index in [9.17, 15) is 24.3 Å². The molecule has 0 radical (unpaired) electrons. The maximum atomic E-state index is 14.2. The van der Waals surface area contributed by atoms with Crippen LogP contribution < -0.4 is 5.32 Å². The molecule has 6 rings (SSSR count). The van der Waals surface area contributed by atoms with Gasteiger partial charge in [-0.1, -0.05) is 66.7 Å². The van der Waals surface area contributed by atoms with Gasteiger partial charge in [0.05, 0.1) is 12.1 Å². The molecule has 2 aliphatic rings. The molecule has 0 bridgehead atoms. The van der Waals surface area contributed by atoms with E-state index in [0.717, 1.165) is 22.3 Å². The van der Waals surface area contributed by atoms with Crippen molar-refractivity contribution in [3.05, 3.63) is 95.7 Å². The number of nitrogens with zero attached hydrogens (tertiary/aromatic N) is 2. The lowest BCUT2D eigenvalue weighted by atomic mass is 9.98. The molecule has 250 valence electrons. The van der Waals surface area contributed by atoms with Crippen molar-refractivity contribution in [2.75, 3.05) is 13.2 Å². The molecule has 0 spiro atoms. The van der Waals surface area contributed by atoms with E-state index in [1.54, 1.807) is 52.9 Å². The highest BCUT2D eigenvalue weighted by molar-refractivity contribution is 5.93. The van der Waals surface area contributed by atoms with Gasteiger partial charge in [0.1, 0.15) is 24.0 Å². The lowest BCUT2D eigenvalue weighted by molar-refractivity contribution is -0.159. The molecule has 2 N–H and O–H groups in total. The smallest absolute Gasteiger partial charge is 0.419 e. The third-order valence-corrected chi connectivity index (χ3v) is 8.71. The van der Waals surface area contributed by atoms with Crippen LogP contribution in [0.4, 0.5) is 9.59 Å². The number of hydrogen-bond donors (Lipinski definition) is 2. The maximum Gasteiger partial charge on any atom is 0.419 e. The van der Waals surface area contributed by atoms with Gasteiger partial charge in [0, 0.05) is 23.9 Å². The molecule has 4 aromatic rings. The van der Waals surface area contributed by atoms with Crippen LogP contribution in [-0.4, -0.2) is 75.3 Å². The molecular weight excluding hydrogens is 614 g/mol. The van der Waals surface area contributed by atoms with Gasteiger partial charge in [-0.05, 0) is 68.5 Å². The lowest BCUT2D eigenvalue weighted by Gasteiger charge is -2.32. The molecule has 1 saturated heterocycles. The van der Waals surface area contributed by atoms with Crippen molar-refractivity contribution in [2.45, 2.75) is 70.4 Å². The zero-order chi connectivity index (χ0) is 34.4. The first-order valence-corrected chi connectivity index (χ1v) is 15.9. The molecule has 1 aliphatic carbocycles.